The Kier molecular flexibility index (Phi) is 6.20. The Balaban J connectivity index is 3.28. The molecule has 0 N–H and O–H groups in total. The van der Waals surface area contributed by atoms with Gasteiger partial charge in [-0.1, -0.05) is 6.92 Å². The summed E-state index contributed by atoms with van der Waals surface area (Å²) in [5.74, 6) is 0.00945. The number of ether oxygens (including phenoxy) is 1. The summed E-state index contributed by atoms with van der Waals surface area (Å²) in [6.45, 7) is 7.04. The highest BCUT2D eigenvalue weighted by Crippen LogP contribution is 2.25. The van der Waals surface area contributed by atoms with Gasteiger partial charge >= 0.3 is 0 Å². The molecule has 0 fully saturated rings. The average molecular weight is 274 g/mol. The second kappa shape index (κ2) is 7.66. The van der Waals surface area contributed by atoms with Gasteiger partial charge in [0.25, 0.3) is 0 Å². The predicted molar refractivity (Wildman–Crippen MR) is 80.1 cm³/mol. The zero-order chi connectivity index (χ0) is 15.1. The van der Waals surface area contributed by atoms with E-state index in [-0.39, 0.29) is 11.8 Å². The van der Waals surface area contributed by atoms with E-state index in [0.717, 1.165) is 12.1 Å². The number of methoxy groups -OCH3 is 1. The van der Waals surface area contributed by atoms with E-state index in [2.05, 4.69) is 24.8 Å². The molecule has 0 heterocycles. The van der Waals surface area contributed by atoms with Gasteiger partial charge < -0.3 is 9.64 Å². The molecule has 1 unspecified atom stereocenters. The molecular weight excluding hydrogens is 252 g/mol. The van der Waals surface area contributed by atoms with Crippen molar-refractivity contribution in [3.05, 3.63) is 29.3 Å². The zero-order valence-electron chi connectivity index (χ0n) is 12.6. The van der Waals surface area contributed by atoms with Gasteiger partial charge in [0.15, 0.2) is 5.78 Å². The largest absolute Gasteiger partial charge is 0.383 e. The van der Waals surface area contributed by atoms with Gasteiger partial charge in [0, 0.05) is 30.9 Å². The number of hydrogen-bond acceptors (Lipinski definition) is 4. The molecule has 0 saturated carbocycles. The lowest BCUT2D eigenvalue weighted by Crippen LogP contribution is -2.36. The topological polar surface area (TPSA) is 53.3 Å². The maximum atomic E-state index is 11.8. The molecule has 0 aliphatic rings. The standard InChI is InChI=1S/C16H22N2O2/c1-5-12(2)18(8-9-20-4)16-10-14(11-17)6-7-15(16)13(3)19/h6-7,10,12H,5,8-9H2,1-4H3. The van der Waals surface area contributed by atoms with Crippen LogP contribution in [0.15, 0.2) is 18.2 Å². The fraction of sp³-hybridized carbons (Fsp3) is 0.500. The number of carbonyl (C=O) groups excluding carboxylic acids is 1. The van der Waals surface area contributed by atoms with Crippen molar-refractivity contribution >= 4 is 11.5 Å². The van der Waals surface area contributed by atoms with Gasteiger partial charge in [-0.05, 0) is 38.5 Å². The number of nitrogens with zero attached hydrogens (tertiary/aromatic N) is 2. The van der Waals surface area contributed by atoms with Crippen molar-refractivity contribution in [2.75, 3.05) is 25.2 Å². The van der Waals surface area contributed by atoms with Gasteiger partial charge in [0.05, 0.1) is 18.2 Å². The van der Waals surface area contributed by atoms with E-state index in [4.69, 9.17) is 10.00 Å². The van der Waals surface area contributed by atoms with E-state index in [1.807, 2.05) is 0 Å². The Hall–Kier alpha value is -1.86. The van der Waals surface area contributed by atoms with E-state index in [1.165, 1.54) is 0 Å². The molecule has 1 aromatic carbocycles. The van der Waals surface area contributed by atoms with Crippen molar-refractivity contribution < 1.29 is 9.53 Å². The third-order valence-corrected chi connectivity index (χ3v) is 3.47. The zero-order valence-corrected chi connectivity index (χ0v) is 12.6. The lowest BCUT2D eigenvalue weighted by atomic mass is 10.0. The minimum Gasteiger partial charge on any atom is -0.383 e. The van der Waals surface area contributed by atoms with Crippen LogP contribution in [0.2, 0.25) is 0 Å². The number of benzene rings is 1. The summed E-state index contributed by atoms with van der Waals surface area (Å²) in [6, 6.07) is 7.62. The minimum absolute atomic E-state index is 0.00945. The number of ketones is 1. The van der Waals surface area contributed by atoms with Crippen LogP contribution in [-0.2, 0) is 4.74 Å². The molecule has 0 amide bonds. The van der Waals surface area contributed by atoms with E-state index in [0.29, 0.717) is 24.3 Å². The average Bonchev–Trinajstić information content (AvgIpc) is 2.46. The van der Waals surface area contributed by atoms with E-state index >= 15 is 0 Å². The van der Waals surface area contributed by atoms with Crippen molar-refractivity contribution in [3.8, 4) is 6.07 Å². The molecule has 20 heavy (non-hydrogen) atoms. The highest BCUT2D eigenvalue weighted by atomic mass is 16.5. The van der Waals surface area contributed by atoms with Gasteiger partial charge in [-0.2, -0.15) is 5.26 Å². The summed E-state index contributed by atoms with van der Waals surface area (Å²) in [5, 5.41) is 9.07. The molecule has 108 valence electrons. The highest BCUT2D eigenvalue weighted by molar-refractivity contribution is 6.00. The molecule has 4 heteroatoms. The van der Waals surface area contributed by atoms with Crippen LogP contribution >= 0.6 is 0 Å². The van der Waals surface area contributed by atoms with Gasteiger partial charge in [-0.15, -0.1) is 0 Å². The molecule has 1 atom stereocenters. The van der Waals surface area contributed by atoms with E-state index in [1.54, 1.807) is 32.2 Å². The minimum atomic E-state index is 0.00945. The lowest BCUT2D eigenvalue weighted by molar-refractivity contribution is 0.101. The maximum absolute atomic E-state index is 11.8. The van der Waals surface area contributed by atoms with Crippen LogP contribution in [0.5, 0.6) is 0 Å². The molecule has 1 rings (SSSR count). The number of nitriles is 1. The molecule has 0 spiro atoms. The molecule has 4 nitrogen and oxygen atoms in total. The Labute approximate surface area is 121 Å². The van der Waals surface area contributed by atoms with Crippen LogP contribution in [0.25, 0.3) is 0 Å². The highest BCUT2D eigenvalue weighted by Gasteiger charge is 2.18. The third-order valence-electron chi connectivity index (χ3n) is 3.47. The Morgan fingerprint density at radius 2 is 2.20 bits per heavy atom. The smallest absolute Gasteiger partial charge is 0.161 e. The summed E-state index contributed by atoms with van der Waals surface area (Å²) in [5.41, 5.74) is 2.04. The fourth-order valence-corrected chi connectivity index (χ4v) is 2.12. The van der Waals surface area contributed by atoms with Crippen LogP contribution in [0, 0.1) is 11.3 Å². The van der Waals surface area contributed by atoms with Crippen LogP contribution in [-0.4, -0.2) is 32.1 Å². The van der Waals surface area contributed by atoms with Gasteiger partial charge in [0.1, 0.15) is 0 Å². The Bertz CT molecular complexity index is 506. The van der Waals surface area contributed by atoms with Crippen molar-refractivity contribution in [2.45, 2.75) is 33.2 Å². The first-order valence-electron chi connectivity index (χ1n) is 6.85. The maximum Gasteiger partial charge on any atom is 0.161 e. The van der Waals surface area contributed by atoms with Crippen molar-refractivity contribution in [2.24, 2.45) is 0 Å². The second-order valence-electron chi connectivity index (χ2n) is 4.84. The normalized spacial score (nSPS) is 11.8. The first kappa shape index (κ1) is 16.2. The first-order valence-corrected chi connectivity index (χ1v) is 6.85. The van der Waals surface area contributed by atoms with Crippen LogP contribution in [0.3, 0.4) is 0 Å². The number of anilines is 1. The van der Waals surface area contributed by atoms with Gasteiger partial charge in [-0.3, -0.25) is 4.79 Å². The summed E-state index contributed by atoms with van der Waals surface area (Å²) in [6.07, 6.45) is 0.956. The van der Waals surface area contributed by atoms with Crippen LogP contribution < -0.4 is 4.90 Å². The molecule has 1 aromatic rings. The summed E-state index contributed by atoms with van der Waals surface area (Å²) in [4.78, 5) is 14.0. The summed E-state index contributed by atoms with van der Waals surface area (Å²) < 4.78 is 5.15. The quantitative estimate of drug-likeness (QED) is 0.717. The Morgan fingerprint density at radius 1 is 1.50 bits per heavy atom. The molecule has 0 saturated heterocycles. The van der Waals surface area contributed by atoms with Crippen LogP contribution in [0.1, 0.15) is 43.1 Å². The molecule has 0 aromatic heterocycles. The second-order valence-corrected chi connectivity index (χ2v) is 4.84. The number of Topliss-reactive ketones (excluding diaryl/α,β-unsaturated/α-hetero) is 1. The first-order chi connectivity index (χ1) is 9.54. The molecular formula is C16H22N2O2. The third kappa shape index (κ3) is 3.82. The molecule has 0 bridgehead atoms. The summed E-state index contributed by atoms with van der Waals surface area (Å²) in [7, 11) is 1.66. The SMILES string of the molecule is CCC(C)N(CCOC)c1cc(C#N)ccc1C(C)=O. The molecule has 0 aliphatic heterocycles. The number of rotatable bonds is 7. The lowest BCUT2D eigenvalue weighted by Gasteiger charge is -2.32. The monoisotopic (exact) mass is 274 g/mol. The molecule has 0 radical (unpaired) electrons. The molecule has 0 aliphatic carbocycles. The summed E-state index contributed by atoms with van der Waals surface area (Å²) >= 11 is 0. The fourth-order valence-electron chi connectivity index (χ4n) is 2.12. The van der Waals surface area contributed by atoms with Crippen molar-refractivity contribution in [1.82, 2.24) is 0 Å². The number of carbonyl (C=O) groups is 1. The van der Waals surface area contributed by atoms with Gasteiger partial charge in [0.2, 0.25) is 0 Å². The van der Waals surface area contributed by atoms with Crippen molar-refractivity contribution in [1.29, 1.82) is 5.26 Å². The Morgan fingerprint density at radius 3 is 2.70 bits per heavy atom. The van der Waals surface area contributed by atoms with Gasteiger partial charge in [-0.25, -0.2) is 0 Å². The van der Waals surface area contributed by atoms with E-state index < -0.39 is 0 Å². The number of hydrogen-bond donors (Lipinski definition) is 0. The predicted octanol–water partition coefficient (Wildman–Crippen LogP) is 3.01. The van der Waals surface area contributed by atoms with Crippen LogP contribution in [0.4, 0.5) is 5.69 Å². The van der Waals surface area contributed by atoms with Crippen molar-refractivity contribution in [3.63, 3.8) is 0 Å². The van der Waals surface area contributed by atoms with E-state index in [9.17, 15) is 4.79 Å².